The minimum Gasteiger partial charge on any atom is -0.493 e. The van der Waals surface area contributed by atoms with Crippen LogP contribution in [0.4, 0.5) is 19.1 Å². The van der Waals surface area contributed by atoms with E-state index in [2.05, 4.69) is 9.97 Å². The molecule has 0 radical (unpaired) electrons. The van der Waals surface area contributed by atoms with Crippen LogP contribution in [0.2, 0.25) is 0 Å². The summed E-state index contributed by atoms with van der Waals surface area (Å²) in [5, 5.41) is 11.2. The first kappa shape index (κ1) is 16.2. The maximum atomic E-state index is 13.2. The summed E-state index contributed by atoms with van der Waals surface area (Å²) in [6, 6.07) is 10.6. The largest absolute Gasteiger partial charge is 0.493 e. The van der Waals surface area contributed by atoms with Crippen LogP contribution in [0.25, 0.3) is 21.8 Å². The van der Waals surface area contributed by atoms with Crippen molar-refractivity contribution in [3.63, 3.8) is 0 Å². The summed E-state index contributed by atoms with van der Waals surface area (Å²) >= 11 is 0. The molecule has 2 aromatic heterocycles. The molecular formula is C18H13F3N4O. The van der Waals surface area contributed by atoms with E-state index in [1.807, 2.05) is 0 Å². The van der Waals surface area contributed by atoms with Crippen LogP contribution in [0, 0.1) is 0 Å². The molecule has 2 heterocycles. The molecule has 0 atom stereocenters. The molecule has 5 nitrogen and oxygen atoms in total. The predicted octanol–water partition coefficient (Wildman–Crippen LogP) is 3.94. The fourth-order valence-electron chi connectivity index (χ4n) is 3.16. The van der Waals surface area contributed by atoms with Gasteiger partial charge in [-0.1, -0.05) is 18.2 Å². The summed E-state index contributed by atoms with van der Waals surface area (Å²) in [6.07, 6.45) is -2.75. The highest BCUT2D eigenvalue weighted by molar-refractivity contribution is 6.08. The van der Waals surface area contributed by atoms with Crippen molar-refractivity contribution >= 4 is 27.8 Å². The smallest absolute Gasteiger partial charge is 0.416 e. The van der Waals surface area contributed by atoms with E-state index in [4.69, 9.17) is 5.73 Å². The average molecular weight is 358 g/mol. The molecule has 8 heteroatoms. The number of benzene rings is 2. The number of alkyl halides is 3. The first-order valence-electron chi connectivity index (χ1n) is 7.74. The summed E-state index contributed by atoms with van der Waals surface area (Å²) in [7, 11) is 0. The number of nitrogen functional groups attached to an aromatic ring is 1. The van der Waals surface area contributed by atoms with E-state index >= 15 is 0 Å². The average Bonchev–Trinajstić information content (AvgIpc) is 2.96. The topological polar surface area (TPSA) is 77.0 Å². The first-order chi connectivity index (χ1) is 12.3. The van der Waals surface area contributed by atoms with Crippen LogP contribution in [0.3, 0.4) is 0 Å². The molecule has 132 valence electrons. The highest BCUT2D eigenvalue weighted by Gasteiger charge is 2.32. The lowest BCUT2D eigenvalue weighted by molar-refractivity contribution is -0.138. The number of anilines is 1. The van der Waals surface area contributed by atoms with Gasteiger partial charge in [0.1, 0.15) is 0 Å². The van der Waals surface area contributed by atoms with E-state index in [1.165, 1.54) is 12.1 Å². The third-order valence-corrected chi connectivity index (χ3v) is 4.27. The van der Waals surface area contributed by atoms with Gasteiger partial charge in [0.2, 0.25) is 11.8 Å². The van der Waals surface area contributed by atoms with Crippen LogP contribution in [-0.2, 0) is 12.7 Å². The molecule has 0 bridgehead atoms. The summed E-state index contributed by atoms with van der Waals surface area (Å²) in [5.41, 5.74) is 6.17. The van der Waals surface area contributed by atoms with Gasteiger partial charge in [-0.25, -0.2) is 4.98 Å². The van der Waals surface area contributed by atoms with Crippen LogP contribution in [0.1, 0.15) is 11.1 Å². The van der Waals surface area contributed by atoms with Crippen LogP contribution >= 0.6 is 0 Å². The molecule has 0 saturated heterocycles. The quantitative estimate of drug-likeness (QED) is 0.569. The Morgan fingerprint density at radius 3 is 2.58 bits per heavy atom. The van der Waals surface area contributed by atoms with Crippen molar-refractivity contribution in [1.29, 1.82) is 0 Å². The monoisotopic (exact) mass is 358 g/mol. The second kappa shape index (κ2) is 5.62. The molecule has 0 aliphatic carbocycles. The molecule has 0 aliphatic rings. The number of hydrogen-bond donors (Lipinski definition) is 2. The molecule has 3 N–H and O–H groups in total. The van der Waals surface area contributed by atoms with Crippen LogP contribution in [-0.4, -0.2) is 19.6 Å². The van der Waals surface area contributed by atoms with Crippen LogP contribution in [0.15, 0.2) is 48.7 Å². The van der Waals surface area contributed by atoms with Crippen molar-refractivity contribution in [3.8, 4) is 5.88 Å². The first-order valence-corrected chi connectivity index (χ1v) is 7.74. The number of hydrogen-bond acceptors (Lipinski definition) is 4. The maximum Gasteiger partial charge on any atom is 0.416 e. The summed E-state index contributed by atoms with van der Waals surface area (Å²) in [4.78, 5) is 7.83. The van der Waals surface area contributed by atoms with E-state index in [0.29, 0.717) is 21.8 Å². The lowest BCUT2D eigenvalue weighted by Gasteiger charge is -2.14. The number of aromatic nitrogens is 3. The standard InChI is InChI=1S/C18H13F3N4O/c19-18(20,21)12-4-2-1-3-10(12)9-25-8-7-11-14(25)6-5-13-15(11)16(26)24-17(22)23-13/h1-8H,9H2,(H3,22,23,24,26). The fraction of sp³-hybridized carbons (Fsp3) is 0.111. The molecule has 4 aromatic rings. The number of fused-ring (bicyclic) bond motifs is 3. The summed E-state index contributed by atoms with van der Waals surface area (Å²) < 4.78 is 41.3. The Morgan fingerprint density at radius 1 is 1.04 bits per heavy atom. The van der Waals surface area contributed by atoms with Crippen molar-refractivity contribution in [2.24, 2.45) is 0 Å². The minimum absolute atomic E-state index is 0.0429. The Balaban J connectivity index is 1.86. The van der Waals surface area contributed by atoms with E-state index in [0.717, 1.165) is 6.07 Å². The zero-order chi connectivity index (χ0) is 18.5. The van der Waals surface area contributed by atoms with Crippen molar-refractivity contribution in [2.75, 3.05) is 5.73 Å². The summed E-state index contributed by atoms with van der Waals surface area (Å²) in [5.74, 6) is -0.306. The van der Waals surface area contributed by atoms with Gasteiger partial charge in [-0.15, -0.1) is 0 Å². The van der Waals surface area contributed by atoms with E-state index in [-0.39, 0.29) is 23.9 Å². The zero-order valence-electron chi connectivity index (χ0n) is 13.3. The van der Waals surface area contributed by atoms with Gasteiger partial charge >= 0.3 is 6.18 Å². The fourth-order valence-corrected chi connectivity index (χ4v) is 3.16. The normalized spacial score (nSPS) is 12.1. The Hall–Kier alpha value is -3.29. The second-order valence-corrected chi connectivity index (χ2v) is 5.90. The predicted molar refractivity (Wildman–Crippen MR) is 91.7 cm³/mol. The lowest BCUT2D eigenvalue weighted by atomic mass is 10.1. The van der Waals surface area contributed by atoms with Crippen molar-refractivity contribution in [1.82, 2.24) is 14.5 Å². The zero-order valence-corrected chi connectivity index (χ0v) is 13.3. The Labute approximate surface area is 145 Å². The van der Waals surface area contributed by atoms with Crippen molar-refractivity contribution in [3.05, 3.63) is 59.8 Å². The third-order valence-electron chi connectivity index (χ3n) is 4.27. The van der Waals surface area contributed by atoms with Crippen molar-refractivity contribution < 1.29 is 18.3 Å². The van der Waals surface area contributed by atoms with Gasteiger partial charge in [-0.3, -0.25) is 0 Å². The van der Waals surface area contributed by atoms with E-state index in [1.54, 1.807) is 35.0 Å². The lowest BCUT2D eigenvalue weighted by Crippen LogP contribution is -2.11. The van der Waals surface area contributed by atoms with Crippen LogP contribution in [0.5, 0.6) is 5.88 Å². The molecule has 2 aromatic carbocycles. The molecule has 4 rings (SSSR count). The minimum atomic E-state index is -4.42. The number of aromatic hydroxyl groups is 1. The molecule has 0 unspecified atom stereocenters. The van der Waals surface area contributed by atoms with Crippen LogP contribution < -0.4 is 5.73 Å². The second-order valence-electron chi connectivity index (χ2n) is 5.90. The molecule has 0 saturated carbocycles. The van der Waals surface area contributed by atoms with Gasteiger partial charge in [0, 0.05) is 23.6 Å². The molecule has 0 aliphatic heterocycles. The number of nitrogens with two attached hydrogens (primary N) is 1. The van der Waals surface area contributed by atoms with Gasteiger partial charge in [0.15, 0.2) is 0 Å². The Kier molecular flexibility index (Phi) is 3.50. The molecule has 0 spiro atoms. The maximum absolute atomic E-state index is 13.2. The van der Waals surface area contributed by atoms with Gasteiger partial charge in [0.25, 0.3) is 0 Å². The third kappa shape index (κ3) is 2.59. The molecular weight excluding hydrogens is 345 g/mol. The molecule has 0 fully saturated rings. The Bertz CT molecular complexity index is 1130. The van der Waals surface area contributed by atoms with E-state index < -0.39 is 11.7 Å². The highest BCUT2D eigenvalue weighted by Crippen LogP contribution is 2.34. The number of halogens is 3. The summed E-state index contributed by atoms with van der Waals surface area (Å²) in [6.45, 7) is 0.0429. The van der Waals surface area contributed by atoms with Crippen molar-refractivity contribution in [2.45, 2.75) is 12.7 Å². The van der Waals surface area contributed by atoms with Gasteiger partial charge in [0.05, 0.1) is 16.5 Å². The molecule has 0 amide bonds. The van der Waals surface area contributed by atoms with Gasteiger partial charge in [-0.2, -0.15) is 18.2 Å². The molecule has 26 heavy (non-hydrogen) atoms. The Morgan fingerprint density at radius 2 is 1.81 bits per heavy atom. The SMILES string of the molecule is Nc1nc(O)c2c(ccc3c2ccn3Cc2ccccc2C(F)(F)F)n1. The number of nitrogens with zero attached hydrogens (tertiary/aromatic N) is 3. The van der Waals surface area contributed by atoms with Gasteiger partial charge in [-0.05, 0) is 29.8 Å². The van der Waals surface area contributed by atoms with E-state index in [9.17, 15) is 18.3 Å². The van der Waals surface area contributed by atoms with Gasteiger partial charge < -0.3 is 15.4 Å². The number of rotatable bonds is 2. The highest BCUT2D eigenvalue weighted by atomic mass is 19.4.